The van der Waals surface area contributed by atoms with Gasteiger partial charge in [0.05, 0.1) is 23.1 Å². The Labute approximate surface area is 165 Å². The second-order valence-corrected chi connectivity index (χ2v) is 7.26. The summed E-state index contributed by atoms with van der Waals surface area (Å²) in [6.45, 7) is 4.44. The number of nitrogens with one attached hydrogen (secondary N) is 2. The standard InChI is InChI=1S/C22H25N5O/c1-16-4-6-19(7-5-16)27-21(18-8-11-23-12-9-18)20(15-26-27)22(28)25-14-17-3-2-10-24-13-17/h2-7,10,13,15,18,23H,8-9,11-12,14H2,1H3,(H,25,28). The number of carbonyl (C=O) groups excluding carboxylic acids is 1. The second kappa shape index (κ2) is 8.35. The molecule has 1 fully saturated rings. The average molecular weight is 375 g/mol. The number of benzene rings is 1. The molecule has 0 atom stereocenters. The molecule has 28 heavy (non-hydrogen) atoms. The Hall–Kier alpha value is -2.99. The average Bonchev–Trinajstić information content (AvgIpc) is 3.19. The molecular weight excluding hydrogens is 350 g/mol. The van der Waals surface area contributed by atoms with E-state index in [1.54, 1.807) is 18.6 Å². The largest absolute Gasteiger partial charge is 0.348 e. The lowest BCUT2D eigenvalue weighted by atomic mass is 9.91. The Bertz CT molecular complexity index is 927. The summed E-state index contributed by atoms with van der Waals surface area (Å²) in [5.41, 5.74) is 4.84. The summed E-state index contributed by atoms with van der Waals surface area (Å²) in [5, 5.41) is 11.0. The fourth-order valence-electron chi connectivity index (χ4n) is 3.69. The van der Waals surface area contributed by atoms with E-state index in [4.69, 9.17) is 0 Å². The monoisotopic (exact) mass is 375 g/mol. The molecule has 6 heteroatoms. The van der Waals surface area contributed by atoms with Crippen LogP contribution in [0.2, 0.25) is 0 Å². The first-order valence-electron chi connectivity index (χ1n) is 9.75. The van der Waals surface area contributed by atoms with Crippen molar-refractivity contribution in [2.45, 2.75) is 32.2 Å². The summed E-state index contributed by atoms with van der Waals surface area (Å²) in [7, 11) is 0. The summed E-state index contributed by atoms with van der Waals surface area (Å²) >= 11 is 0. The molecule has 1 aromatic carbocycles. The Morgan fingerprint density at radius 1 is 1.18 bits per heavy atom. The van der Waals surface area contributed by atoms with Crippen LogP contribution in [0, 0.1) is 6.92 Å². The molecule has 6 nitrogen and oxygen atoms in total. The zero-order valence-electron chi connectivity index (χ0n) is 16.1. The van der Waals surface area contributed by atoms with Gasteiger partial charge in [-0.25, -0.2) is 4.68 Å². The number of nitrogens with zero attached hydrogens (tertiary/aromatic N) is 3. The van der Waals surface area contributed by atoms with E-state index in [9.17, 15) is 4.79 Å². The number of amides is 1. The van der Waals surface area contributed by atoms with Crippen molar-refractivity contribution < 1.29 is 4.79 Å². The third kappa shape index (κ3) is 3.97. The highest BCUT2D eigenvalue weighted by atomic mass is 16.1. The van der Waals surface area contributed by atoms with Gasteiger partial charge >= 0.3 is 0 Å². The third-order valence-corrected chi connectivity index (χ3v) is 5.23. The van der Waals surface area contributed by atoms with E-state index in [1.807, 2.05) is 16.8 Å². The lowest BCUT2D eigenvalue weighted by Gasteiger charge is -2.24. The van der Waals surface area contributed by atoms with Crippen molar-refractivity contribution in [2.75, 3.05) is 13.1 Å². The van der Waals surface area contributed by atoms with Gasteiger partial charge in [-0.3, -0.25) is 9.78 Å². The molecule has 3 aromatic rings. The van der Waals surface area contributed by atoms with Crippen LogP contribution < -0.4 is 10.6 Å². The van der Waals surface area contributed by atoms with Crippen LogP contribution in [0.15, 0.2) is 55.0 Å². The molecule has 4 rings (SSSR count). The van der Waals surface area contributed by atoms with E-state index in [0.29, 0.717) is 18.0 Å². The molecule has 2 N–H and O–H groups in total. The maximum Gasteiger partial charge on any atom is 0.255 e. The van der Waals surface area contributed by atoms with Crippen LogP contribution in [0.4, 0.5) is 0 Å². The number of rotatable bonds is 5. The van der Waals surface area contributed by atoms with Crippen molar-refractivity contribution in [1.82, 2.24) is 25.4 Å². The normalized spacial score (nSPS) is 14.8. The van der Waals surface area contributed by atoms with Crippen LogP contribution >= 0.6 is 0 Å². The first-order chi connectivity index (χ1) is 13.7. The molecule has 0 aliphatic carbocycles. The lowest BCUT2D eigenvalue weighted by molar-refractivity contribution is 0.0949. The summed E-state index contributed by atoms with van der Waals surface area (Å²) < 4.78 is 1.94. The fourth-order valence-corrected chi connectivity index (χ4v) is 3.69. The molecule has 1 amide bonds. The number of aryl methyl sites for hydroxylation is 1. The van der Waals surface area contributed by atoms with Crippen LogP contribution in [0.5, 0.6) is 0 Å². The molecular formula is C22H25N5O. The highest BCUT2D eigenvalue weighted by Crippen LogP contribution is 2.30. The van der Waals surface area contributed by atoms with Gasteiger partial charge in [-0.1, -0.05) is 23.8 Å². The minimum atomic E-state index is -0.0873. The van der Waals surface area contributed by atoms with Gasteiger partial charge in [-0.05, 0) is 56.6 Å². The lowest BCUT2D eigenvalue weighted by Crippen LogP contribution is -2.30. The number of pyridine rings is 1. The molecule has 0 saturated carbocycles. The summed E-state index contributed by atoms with van der Waals surface area (Å²) in [6.07, 6.45) is 7.20. The van der Waals surface area contributed by atoms with Gasteiger partial charge in [0.2, 0.25) is 0 Å². The first kappa shape index (κ1) is 18.4. The molecule has 1 saturated heterocycles. The van der Waals surface area contributed by atoms with E-state index < -0.39 is 0 Å². The van der Waals surface area contributed by atoms with Gasteiger partial charge in [-0.15, -0.1) is 0 Å². The molecule has 0 radical (unpaired) electrons. The van der Waals surface area contributed by atoms with Crippen molar-refractivity contribution in [1.29, 1.82) is 0 Å². The number of hydrogen-bond acceptors (Lipinski definition) is 4. The van der Waals surface area contributed by atoms with Crippen LogP contribution in [-0.2, 0) is 6.54 Å². The zero-order chi connectivity index (χ0) is 19.3. The van der Waals surface area contributed by atoms with Crippen LogP contribution in [0.3, 0.4) is 0 Å². The van der Waals surface area contributed by atoms with E-state index in [1.165, 1.54) is 5.56 Å². The maximum absolute atomic E-state index is 13.0. The number of aromatic nitrogens is 3. The smallest absolute Gasteiger partial charge is 0.255 e. The molecule has 3 heterocycles. The Kier molecular flexibility index (Phi) is 5.48. The van der Waals surface area contributed by atoms with Gasteiger partial charge in [0, 0.05) is 24.9 Å². The quantitative estimate of drug-likeness (QED) is 0.719. The number of piperidine rings is 1. The molecule has 144 valence electrons. The van der Waals surface area contributed by atoms with E-state index in [2.05, 4.69) is 51.9 Å². The molecule has 1 aliphatic rings. The molecule has 2 aromatic heterocycles. The Morgan fingerprint density at radius 2 is 1.96 bits per heavy atom. The fraction of sp³-hybridized carbons (Fsp3) is 0.318. The van der Waals surface area contributed by atoms with E-state index >= 15 is 0 Å². The highest BCUT2D eigenvalue weighted by Gasteiger charge is 2.26. The number of hydrogen-bond donors (Lipinski definition) is 2. The van der Waals surface area contributed by atoms with Crippen LogP contribution in [-0.4, -0.2) is 33.8 Å². The van der Waals surface area contributed by atoms with E-state index in [-0.39, 0.29) is 5.91 Å². The van der Waals surface area contributed by atoms with Gasteiger partial charge < -0.3 is 10.6 Å². The summed E-state index contributed by atoms with van der Waals surface area (Å²) in [4.78, 5) is 17.1. The summed E-state index contributed by atoms with van der Waals surface area (Å²) in [6, 6.07) is 12.1. The van der Waals surface area contributed by atoms with E-state index in [0.717, 1.165) is 42.9 Å². The van der Waals surface area contributed by atoms with Crippen LogP contribution in [0.25, 0.3) is 5.69 Å². The first-order valence-corrected chi connectivity index (χ1v) is 9.75. The number of carbonyl (C=O) groups is 1. The second-order valence-electron chi connectivity index (χ2n) is 7.26. The van der Waals surface area contributed by atoms with Crippen LogP contribution in [0.1, 0.15) is 45.9 Å². The molecule has 1 aliphatic heterocycles. The third-order valence-electron chi connectivity index (χ3n) is 5.23. The van der Waals surface area contributed by atoms with Crippen molar-refractivity contribution >= 4 is 5.91 Å². The van der Waals surface area contributed by atoms with Crippen molar-refractivity contribution in [3.63, 3.8) is 0 Å². The van der Waals surface area contributed by atoms with Gasteiger partial charge in [0.1, 0.15) is 0 Å². The predicted molar refractivity (Wildman–Crippen MR) is 109 cm³/mol. The SMILES string of the molecule is Cc1ccc(-n2ncc(C(=O)NCc3cccnc3)c2C2CCNCC2)cc1. The molecule has 0 bridgehead atoms. The topological polar surface area (TPSA) is 71.8 Å². The van der Waals surface area contributed by atoms with Crippen molar-refractivity contribution in [3.8, 4) is 5.69 Å². The Morgan fingerprint density at radius 3 is 2.68 bits per heavy atom. The minimum Gasteiger partial charge on any atom is -0.348 e. The van der Waals surface area contributed by atoms with Gasteiger partial charge in [0.25, 0.3) is 5.91 Å². The molecule has 0 spiro atoms. The minimum absolute atomic E-state index is 0.0873. The predicted octanol–water partition coefficient (Wildman–Crippen LogP) is 2.97. The van der Waals surface area contributed by atoms with Crippen molar-refractivity contribution in [3.05, 3.63) is 77.4 Å². The van der Waals surface area contributed by atoms with Gasteiger partial charge in [-0.2, -0.15) is 5.10 Å². The zero-order valence-corrected chi connectivity index (χ0v) is 16.1. The van der Waals surface area contributed by atoms with Crippen molar-refractivity contribution in [2.24, 2.45) is 0 Å². The maximum atomic E-state index is 13.0. The van der Waals surface area contributed by atoms with Gasteiger partial charge in [0.15, 0.2) is 0 Å². The Balaban J connectivity index is 1.64. The summed E-state index contributed by atoms with van der Waals surface area (Å²) in [5.74, 6) is 0.222. The highest BCUT2D eigenvalue weighted by molar-refractivity contribution is 5.95. The molecule has 0 unspecified atom stereocenters.